The van der Waals surface area contributed by atoms with Crippen molar-refractivity contribution < 1.29 is 0 Å². The van der Waals surface area contributed by atoms with Gasteiger partial charge >= 0.3 is 0 Å². The molecule has 0 saturated carbocycles. The van der Waals surface area contributed by atoms with Crippen molar-refractivity contribution >= 4 is 29.9 Å². The Morgan fingerprint density at radius 2 is 1.63 bits per heavy atom. The summed E-state index contributed by atoms with van der Waals surface area (Å²) < 4.78 is 1.99. The molecule has 6 nitrogen and oxygen atoms in total. The molecule has 0 aliphatic carbocycles. The summed E-state index contributed by atoms with van der Waals surface area (Å²) in [6, 6.07) is 21.1. The van der Waals surface area contributed by atoms with Crippen molar-refractivity contribution in [1.82, 2.24) is 25.4 Å². The fourth-order valence-electron chi connectivity index (χ4n) is 3.01. The smallest absolute Gasteiger partial charge is 0.192 e. The molecule has 2 N–H and O–H groups in total. The van der Waals surface area contributed by atoms with E-state index in [4.69, 9.17) is 4.99 Å². The predicted molar refractivity (Wildman–Crippen MR) is 133 cm³/mol. The Hall–Kier alpha value is -2.42. The lowest BCUT2D eigenvalue weighted by Crippen LogP contribution is -2.42. The van der Waals surface area contributed by atoms with Gasteiger partial charge in [-0.1, -0.05) is 60.7 Å². The van der Waals surface area contributed by atoms with Crippen molar-refractivity contribution in [2.24, 2.45) is 12.0 Å². The van der Waals surface area contributed by atoms with Crippen LogP contribution in [0.5, 0.6) is 0 Å². The summed E-state index contributed by atoms with van der Waals surface area (Å²) in [6.45, 7) is 5.34. The summed E-state index contributed by atoms with van der Waals surface area (Å²) in [6.07, 6.45) is 2.06. The van der Waals surface area contributed by atoms with Gasteiger partial charge in [0.25, 0.3) is 0 Å². The first-order valence-corrected chi connectivity index (χ1v) is 10.1. The van der Waals surface area contributed by atoms with E-state index in [9.17, 15) is 0 Å². The number of nitrogens with one attached hydrogen (secondary N) is 2. The molecule has 7 heteroatoms. The molecule has 0 aliphatic heterocycles. The van der Waals surface area contributed by atoms with Gasteiger partial charge in [0, 0.05) is 13.1 Å². The van der Waals surface area contributed by atoms with Crippen LogP contribution in [-0.4, -0.2) is 26.8 Å². The van der Waals surface area contributed by atoms with Crippen molar-refractivity contribution in [2.45, 2.75) is 45.8 Å². The summed E-state index contributed by atoms with van der Waals surface area (Å²) in [5.74, 6) is 2.57. The molecule has 3 aromatic rings. The van der Waals surface area contributed by atoms with Crippen LogP contribution in [0.4, 0.5) is 0 Å². The highest BCUT2D eigenvalue weighted by Crippen LogP contribution is 2.06. The number of hydrogen-bond acceptors (Lipinski definition) is 3. The number of guanidine groups is 1. The zero-order valence-electron chi connectivity index (χ0n) is 17.9. The average molecular weight is 518 g/mol. The third kappa shape index (κ3) is 7.44. The number of hydrogen-bond donors (Lipinski definition) is 2. The second-order valence-corrected chi connectivity index (χ2v) is 7.30. The molecular formula is C23H31IN6. The van der Waals surface area contributed by atoms with Crippen LogP contribution in [0.1, 0.15) is 36.1 Å². The monoisotopic (exact) mass is 518 g/mol. The van der Waals surface area contributed by atoms with E-state index < -0.39 is 0 Å². The van der Waals surface area contributed by atoms with E-state index in [2.05, 4.69) is 70.2 Å². The van der Waals surface area contributed by atoms with Crippen LogP contribution in [0.25, 0.3) is 0 Å². The third-order valence-electron chi connectivity index (χ3n) is 4.95. The summed E-state index contributed by atoms with van der Waals surface area (Å²) >= 11 is 0. The molecule has 0 aliphatic rings. The SMILES string of the molecule is Cc1nnc(CNC(=NCc2ccccc2)NC(C)CCc2ccccc2)n1C.I. The maximum absolute atomic E-state index is 4.78. The fraction of sp³-hybridized carbons (Fsp3) is 0.348. The second kappa shape index (κ2) is 12.3. The number of aliphatic imine (C=N–C) groups is 1. The highest BCUT2D eigenvalue weighted by molar-refractivity contribution is 14.0. The normalized spacial score (nSPS) is 12.2. The lowest BCUT2D eigenvalue weighted by molar-refractivity contribution is 0.588. The lowest BCUT2D eigenvalue weighted by Gasteiger charge is -2.18. The molecule has 1 atom stereocenters. The van der Waals surface area contributed by atoms with Crippen LogP contribution in [0.15, 0.2) is 65.7 Å². The number of aromatic nitrogens is 3. The van der Waals surface area contributed by atoms with Crippen LogP contribution in [0.3, 0.4) is 0 Å². The van der Waals surface area contributed by atoms with Crippen molar-refractivity contribution in [1.29, 1.82) is 0 Å². The molecule has 0 saturated heterocycles. The highest BCUT2D eigenvalue weighted by Gasteiger charge is 2.09. The van der Waals surface area contributed by atoms with Crippen molar-refractivity contribution in [3.05, 3.63) is 83.4 Å². The standard InChI is InChI=1S/C23H30N6.HI/c1-18(14-15-20-10-6-4-7-11-20)26-23(24-16-21-12-8-5-9-13-21)25-17-22-28-27-19(2)29(22)3;/h4-13,18H,14-17H2,1-3H3,(H2,24,25,26);1H. The van der Waals surface area contributed by atoms with E-state index in [0.717, 1.165) is 30.5 Å². The molecule has 30 heavy (non-hydrogen) atoms. The van der Waals surface area contributed by atoms with Crippen molar-refractivity contribution in [2.75, 3.05) is 0 Å². The van der Waals surface area contributed by atoms with Gasteiger partial charge in [0.2, 0.25) is 0 Å². The number of rotatable bonds is 8. The Bertz CT molecular complexity index is 908. The molecule has 0 fully saturated rings. The molecule has 1 heterocycles. The van der Waals surface area contributed by atoms with Crippen LogP contribution >= 0.6 is 24.0 Å². The van der Waals surface area contributed by atoms with Gasteiger partial charge in [-0.2, -0.15) is 0 Å². The molecular weight excluding hydrogens is 487 g/mol. The van der Waals surface area contributed by atoms with E-state index in [0.29, 0.717) is 19.1 Å². The van der Waals surface area contributed by atoms with Gasteiger partial charge in [-0.3, -0.25) is 0 Å². The minimum Gasteiger partial charge on any atom is -0.354 e. The molecule has 0 spiro atoms. The number of halogens is 1. The molecule has 0 radical (unpaired) electrons. The largest absolute Gasteiger partial charge is 0.354 e. The number of benzene rings is 2. The minimum absolute atomic E-state index is 0. The van der Waals surface area contributed by atoms with Crippen LogP contribution in [0, 0.1) is 6.92 Å². The summed E-state index contributed by atoms with van der Waals surface area (Å²) in [4.78, 5) is 4.78. The Balaban J connectivity index is 0.00000320. The number of aryl methyl sites for hydroxylation is 2. The maximum Gasteiger partial charge on any atom is 0.192 e. The summed E-state index contributed by atoms with van der Waals surface area (Å²) in [5.41, 5.74) is 2.53. The molecule has 1 unspecified atom stereocenters. The first kappa shape index (κ1) is 23.9. The molecule has 3 rings (SSSR count). The van der Waals surface area contributed by atoms with E-state index >= 15 is 0 Å². The van der Waals surface area contributed by atoms with E-state index in [1.807, 2.05) is 36.7 Å². The van der Waals surface area contributed by atoms with Crippen molar-refractivity contribution in [3.63, 3.8) is 0 Å². The van der Waals surface area contributed by atoms with Gasteiger partial charge in [0.05, 0.1) is 13.1 Å². The maximum atomic E-state index is 4.78. The molecule has 2 aromatic carbocycles. The quantitative estimate of drug-likeness (QED) is 0.269. The van der Waals surface area contributed by atoms with Crippen LogP contribution in [0.2, 0.25) is 0 Å². The van der Waals surface area contributed by atoms with Crippen molar-refractivity contribution in [3.8, 4) is 0 Å². The second-order valence-electron chi connectivity index (χ2n) is 7.30. The fourth-order valence-corrected chi connectivity index (χ4v) is 3.01. The Morgan fingerprint density at radius 1 is 1.00 bits per heavy atom. The van der Waals surface area contributed by atoms with E-state index in [-0.39, 0.29) is 24.0 Å². The van der Waals surface area contributed by atoms with Gasteiger partial charge in [-0.05, 0) is 37.8 Å². The van der Waals surface area contributed by atoms with Gasteiger partial charge in [0.1, 0.15) is 5.82 Å². The third-order valence-corrected chi connectivity index (χ3v) is 4.95. The first-order valence-electron chi connectivity index (χ1n) is 10.1. The molecule has 160 valence electrons. The highest BCUT2D eigenvalue weighted by atomic mass is 127. The lowest BCUT2D eigenvalue weighted by atomic mass is 10.1. The number of nitrogens with zero attached hydrogens (tertiary/aromatic N) is 4. The average Bonchev–Trinajstić information content (AvgIpc) is 3.08. The summed E-state index contributed by atoms with van der Waals surface area (Å²) in [5, 5.41) is 15.3. The van der Waals surface area contributed by atoms with E-state index in [1.54, 1.807) is 0 Å². The molecule has 0 bridgehead atoms. The summed E-state index contributed by atoms with van der Waals surface area (Å²) in [7, 11) is 1.98. The van der Waals surface area contributed by atoms with Gasteiger partial charge < -0.3 is 15.2 Å². The van der Waals surface area contributed by atoms with Crippen LogP contribution in [-0.2, 0) is 26.6 Å². The Labute approximate surface area is 196 Å². The van der Waals surface area contributed by atoms with Gasteiger partial charge in [-0.15, -0.1) is 34.2 Å². The predicted octanol–water partition coefficient (Wildman–Crippen LogP) is 4.00. The minimum atomic E-state index is 0. The Morgan fingerprint density at radius 3 is 2.23 bits per heavy atom. The topological polar surface area (TPSA) is 67.1 Å². The van der Waals surface area contributed by atoms with Crippen LogP contribution < -0.4 is 10.6 Å². The zero-order chi connectivity index (χ0) is 20.5. The first-order chi connectivity index (χ1) is 14.1. The molecule has 1 aromatic heterocycles. The Kier molecular flexibility index (Phi) is 9.79. The van der Waals surface area contributed by atoms with Gasteiger partial charge in [-0.25, -0.2) is 4.99 Å². The van der Waals surface area contributed by atoms with Gasteiger partial charge in [0.15, 0.2) is 11.8 Å². The zero-order valence-corrected chi connectivity index (χ0v) is 20.2. The van der Waals surface area contributed by atoms with E-state index in [1.165, 1.54) is 11.1 Å². The molecule has 0 amide bonds.